The minimum absolute atomic E-state index is 0.0890. The topological polar surface area (TPSA) is 26.3 Å². The van der Waals surface area contributed by atoms with Crippen LogP contribution in [0.3, 0.4) is 0 Å². The Hall–Kier alpha value is -0.700. The molecule has 1 rings (SSSR count). The van der Waals surface area contributed by atoms with Crippen LogP contribution in [0.15, 0.2) is 23.0 Å². The lowest BCUT2D eigenvalue weighted by Crippen LogP contribution is -2.09. The molecule has 0 aromatic heterocycles. The van der Waals surface area contributed by atoms with Crippen LogP contribution in [0.25, 0.3) is 0 Å². The Morgan fingerprint density at radius 2 is 2.08 bits per heavy atom. The number of ether oxygens (including phenoxy) is 1. The van der Waals surface area contributed by atoms with Gasteiger partial charge in [0, 0.05) is 6.42 Å². The smallest absolute Gasteiger partial charge is 0.305 e. The summed E-state index contributed by atoms with van der Waals surface area (Å²) >= 11 is 0. The van der Waals surface area contributed by atoms with Crippen molar-refractivity contribution in [3.63, 3.8) is 0 Å². The van der Waals surface area contributed by atoms with E-state index in [4.69, 9.17) is 0 Å². The molecule has 0 radical (unpaired) electrons. The number of methoxy groups -OCH3 is 1. The van der Waals surface area contributed by atoms with E-state index in [1.54, 1.807) is 0 Å². The lowest BCUT2D eigenvalue weighted by Gasteiger charge is -2.15. The van der Waals surface area contributed by atoms with Crippen LogP contribution in [0.1, 0.15) is 13.3 Å². The van der Waals surface area contributed by atoms with Crippen molar-refractivity contribution in [2.45, 2.75) is 13.3 Å². The third kappa shape index (κ3) is 3.68. The standard InChI is InChI=1S/C10H16O2S/c1-9(7-10(11)12-2)8-13-5-3-4-6-13/h3-6,9,13H,7-8H2,1-2H3/t9-/m0/s1. The summed E-state index contributed by atoms with van der Waals surface area (Å²) in [5.41, 5.74) is 0. The second-order valence-corrected chi connectivity index (χ2v) is 5.26. The fourth-order valence-electron chi connectivity index (χ4n) is 1.28. The van der Waals surface area contributed by atoms with Crippen molar-refractivity contribution in [1.29, 1.82) is 0 Å². The molecule has 1 aliphatic heterocycles. The third-order valence-electron chi connectivity index (χ3n) is 1.93. The molecule has 13 heavy (non-hydrogen) atoms. The molecule has 0 amide bonds. The lowest BCUT2D eigenvalue weighted by atomic mass is 10.1. The highest BCUT2D eigenvalue weighted by molar-refractivity contribution is 8.22. The minimum Gasteiger partial charge on any atom is -0.469 e. The monoisotopic (exact) mass is 200 g/mol. The summed E-state index contributed by atoms with van der Waals surface area (Å²) < 4.78 is 4.62. The summed E-state index contributed by atoms with van der Waals surface area (Å²) in [6.07, 6.45) is 4.70. The van der Waals surface area contributed by atoms with Crippen molar-refractivity contribution >= 4 is 16.9 Å². The van der Waals surface area contributed by atoms with Crippen LogP contribution < -0.4 is 0 Å². The fraction of sp³-hybridized carbons (Fsp3) is 0.500. The first-order valence-electron chi connectivity index (χ1n) is 4.40. The van der Waals surface area contributed by atoms with Gasteiger partial charge in [-0.05, 0) is 22.5 Å². The zero-order valence-electron chi connectivity index (χ0n) is 8.06. The fourth-order valence-corrected chi connectivity index (χ4v) is 3.12. The zero-order chi connectivity index (χ0) is 9.68. The predicted octanol–water partition coefficient (Wildman–Crippen LogP) is 2.23. The molecule has 0 N–H and O–H groups in total. The van der Waals surface area contributed by atoms with Crippen molar-refractivity contribution in [3.05, 3.63) is 23.0 Å². The van der Waals surface area contributed by atoms with Gasteiger partial charge < -0.3 is 4.74 Å². The average Bonchev–Trinajstić information content (AvgIpc) is 2.56. The summed E-state index contributed by atoms with van der Waals surface area (Å²) in [7, 11) is 1.35. The maximum Gasteiger partial charge on any atom is 0.305 e. The second-order valence-electron chi connectivity index (χ2n) is 3.27. The number of hydrogen-bond donors (Lipinski definition) is 1. The normalized spacial score (nSPS) is 19.1. The van der Waals surface area contributed by atoms with E-state index in [1.807, 2.05) is 0 Å². The number of rotatable bonds is 4. The molecule has 2 nitrogen and oxygen atoms in total. The first-order valence-corrected chi connectivity index (χ1v) is 6.06. The average molecular weight is 200 g/mol. The minimum atomic E-state index is -0.102. The van der Waals surface area contributed by atoms with Crippen molar-refractivity contribution in [3.8, 4) is 0 Å². The SMILES string of the molecule is COC(=O)C[C@H](C)C[SH]1C=CC=C1. The van der Waals surface area contributed by atoms with Gasteiger partial charge >= 0.3 is 5.97 Å². The molecule has 0 bridgehead atoms. The number of allylic oxidation sites excluding steroid dienone is 2. The highest BCUT2D eigenvalue weighted by atomic mass is 32.2. The number of hydrogen-bond acceptors (Lipinski definition) is 2. The van der Waals surface area contributed by atoms with Gasteiger partial charge in [-0.1, -0.05) is 19.1 Å². The van der Waals surface area contributed by atoms with Gasteiger partial charge in [0.25, 0.3) is 0 Å². The van der Waals surface area contributed by atoms with E-state index in [9.17, 15) is 4.79 Å². The Kier molecular flexibility index (Phi) is 4.09. The molecule has 0 spiro atoms. The van der Waals surface area contributed by atoms with Crippen molar-refractivity contribution in [2.75, 3.05) is 12.9 Å². The summed E-state index contributed by atoms with van der Waals surface area (Å²) in [5, 5.41) is 4.45. The van der Waals surface area contributed by atoms with Crippen molar-refractivity contribution in [1.82, 2.24) is 0 Å². The highest BCUT2D eigenvalue weighted by Crippen LogP contribution is 2.35. The molecule has 3 heteroatoms. The van der Waals surface area contributed by atoms with Gasteiger partial charge in [-0.3, -0.25) is 4.79 Å². The molecule has 0 saturated heterocycles. The molecule has 0 saturated carbocycles. The van der Waals surface area contributed by atoms with Crippen LogP contribution in [-0.4, -0.2) is 18.8 Å². The largest absolute Gasteiger partial charge is 0.469 e. The van der Waals surface area contributed by atoms with E-state index >= 15 is 0 Å². The van der Waals surface area contributed by atoms with Crippen LogP contribution in [0.2, 0.25) is 0 Å². The number of carbonyl (C=O) groups is 1. The summed E-state index contributed by atoms with van der Waals surface area (Å²) in [5.74, 6) is 1.41. The molecule has 1 heterocycles. The molecule has 0 aliphatic carbocycles. The molecule has 1 aliphatic rings. The van der Waals surface area contributed by atoms with Gasteiger partial charge in [-0.2, -0.15) is 0 Å². The zero-order valence-corrected chi connectivity index (χ0v) is 8.96. The van der Waals surface area contributed by atoms with Crippen molar-refractivity contribution < 1.29 is 9.53 Å². The summed E-state index contributed by atoms with van der Waals surface area (Å²) in [4.78, 5) is 10.9. The van der Waals surface area contributed by atoms with Crippen LogP contribution in [0.5, 0.6) is 0 Å². The Bertz CT molecular complexity index is 221. The van der Waals surface area contributed by atoms with E-state index in [2.05, 4.69) is 34.6 Å². The molecule has 0 fully saturated rings. The molecular formula is C10H16O2S. The van der Waals surface area contributed by atoms with E-state index < -0.39 is 0 Å². The molecular weight excluding hydrogens is 184 g/mol. The van der Waals surface area contributed by atoms with E-state index in [-0.39, 0.29) is 16.9 Å². The molecule has 1 atom stereocenters. The quantitative estimate of drug-likeness (QED) is 0.556. The second kappa shape index (κ2) is 5.12. The van der Waals surface area contributed by atoms with Crippen LogP contribution in [-0.2, 0) is 9.53 Å². The Morgan fingerprint density at radius 1 is 1.46 bits per heavy atom. The van der Waals surface area contributed by atoms with Gasteiger partial charge in [0.1, 0.15) is 0 Å². The van der Waals surface area contributed by atoms with E-state index in [1.165, 1.54) is 7.11 Å². The third-order valence-corrected chi connectivity index (χ3v) is 4.09. The molecule has 0 unspecified atom stereocenters. The van der Waals surface area contributed by atoms with Gasteiger partial charge in [-0.15, -0.1) is 0 Å². The number of carbonyl (C=O) groups excluding carboxylic acids is 1. The predicted molar refractivity (Wildman–Crippen MR) is 57.9 cm³/mol. The van der Waals surface area contributed by atoms with Crippen LogP contribution >= 0.6 is 10.9 Å². The first-order chi connectivity index (χ1) is 6.22. The Labute approximate surface area is 82.0 Å². The molecule has 74 valence electrons. The van der Waals surface area contributed by atoms with Gasteiger partial charge in [0.2, 0.25) is 0 Å². The molecule has 0 aromatic rings. The van der Waals surface area contributed by atoms with E-state index in [0.717, 1.165) is 5.75 Å². The maximum atomic E-state index is 10.9. The first kappa shape index (κ1) is 10.4. The highest BCUT2D eigenvalue weighted by Gasteiger charge is 2.11. The van der Waals surface area contributed by atoms with Crippen LogP contribution in [0, 0.1) is 5.92 Å². The Morgan fingerprint density at radius 3 is 2.62 bits per heavy atom. The van der Waals surface area contributed by atoms with Crippen molar-refractivity contribution in [2.24, 2.45) is 5.92 Å². The maximum absolute atomic E-state index is 10.9. The van der Waals surface area contributed by atoms with Gasteiger partial charge in [0.15, 0.2) is 0 Å². The van der Waals surface area contributed by atoms with Gasteiger partial charge in [-0.25, -0.2) is 10.9 Å². The van der Waals surface area contributed by atoms with Crippen LogP contribution in [0.4, 0.5) is 0 Å². The lowest BCUT2D eigenvalue weighted by molar-refractivity contribution is -0.141. The Balaban J connectivity index is 2.24. The number of thiol groups is 1. The van der Waals surface area contributed by atoms with Gasteiger partial charge in [0.05, 0.1) is 7.11 Å². The summed E-state index contributed by atoms with van der Waals surface area (Å²) in [6, 6.07) is 0. The summed E-state index contributed by atoms with van der Waals surface area (Å²) in [6.45, 7) is 2.10. The van der Waals surface area contributed by atoms with E-state index in [0.29, 0.717) is 12.3 Å². The number of esters is 1. The molecule has 0 aromatic carbocycles.